The molecule has 0 bridgehead atoms. The van der Waals surface area contributed by atoms with Crippen molar-refractivity contribution in [2.45, 2.75) is 32.6 Å². The van der Waals surface area contributed by atoms with Gasteiger partial charge in [0.15, 0.2) is 6.10 Å². The number of benzene rings is 2. The van der Waals surface area contributed by atoms with Crippen molar-refractivity contribution in [3.8, 4) is 28.1 Å². The molecule has 0 saturated carbocycles. The number of aliphatic hydroxyl groups excluding tert-OH is 1. The number of nitrogens with zero attached hydrogens (tertiary/aromatic N) is 4. The quantitative estimate of drug-likeness (QED) is 0.372. The summed E-state index contributed by atoms with van der Waals surface area (Å²) in [6.45, 7) is 4.15. The molecule has 3 aromatic heterocycles. The molecule has 5 rings (SSSR count). The van der Waals surface area contributed by atoms with Crippen molar-refractivity contribution < 1.29 is 9.84 Å². The highest BCUT2D eigenvalue weighted by Gasteiger charge is 2.16. The van der Waals surface area contributed by atoms with E-state index in [0.29, 0.717) is 6.54 Å². The Balaban J connectivity index is 1.40. The fourth-order valence-corrected chi connectivity index (χ4v) is 3.86. The Kier molecular flexibility index (Phi) is 5.62. The van der Waals surface area contributed by atoms with Crippen LogP contribution < -0.4 is 4.74 Å². The Bertz CT molecular complexity index is 1320. The zero-order valence-corrected chi connectivity index (χ0v) is 18.5. The predicted octanol–water partition coefficient (Wildman–Crippen LogP) is 5.01. The molecule has 0 aliphatic carbocycles. The summed E-state index contributed by atoms with van der Waals surface area (Å²) in [5.74, 6) is 1.54. The first kappa shape index (κ1) is 20.9. The molecule has 0 fully saturated rings. The van der Waals surface area contributed by atoms with Gasteiger partial charge in [0.05, 0.1) is 23.7 Å². The van der Waals surface area contributed by atoms with Gasteiger partial charge < -0.3 is 14.8 Å². The fraction of sp³-hybridized carbons (Fsp3) is 0.192. The van der Waals surface area contributed by atoms with E-state index in [1.54, 1.807) is 24.0 Å². The van der Waals surface area contributed by atoms with Crippen molar-refractivity contribution in [3.05, 3.63) is 85.1 Å². The zero-order chi connectivity index (χ0) is 22.8. The minimum Gasteiger partial charge on any atom is -0.483 e. The van der Waals surface area contributed by atoms with Gasteiger partial charge in [-0.15, -0.1) is 0 Å². The van der Waals surface area contributed by atoms with Gasteiger partial charge in [0, 0.05) is 29.7 Å². The fourth-order valence-electron chi connectivity index (χ4n) is 3.86. The lowest BCUT2D eigenvalue weighted by atomic mass is 10.0. The lowest BCUT2D eigenvalue weighted by molar-refractivity contribution is 0.168. The molecule has 2 aromatic carbocycles. The molecule has 7 nitrogen and oxygen atoms in total. The third-order valence-electron chi connectivity index (χ3n) is 5.44. The molecule has 0 aliphatic rings. The van der Waals surface area contributed by atoms with E-state index in [1.807, 2.05) is 73.8 Å². The van der Waals surface area contributed by atoms with E-state index in [9.17, 15) is 5.11 Å². The second-order valence-electron chi connectivity index (χ2n) is 8.12. The summed E-state index contributed by atoms with van der Waals surface area (Å²) < 4.78 is 7.91. The topological polar surface area (TPSA) is 88.9 Å². The number of fused-ring (bicyclic) bond motifs is 1. The van der Waals surface area contributed by atoms with Crippen LogP contribution in [0.3, 0.4) is 0 Å². The first-order chi connectivity index (χ1) is 16.1. The average molecular weight is 440 g/mol. The van der Waals surface area contributed by atoms with Crippen LogP contribution in [0.2, 0.25) is 0 Å². The number of rotatable bonds is 7. The standard InChI is InChI=1S/C26H25N5O2/c1-17(32)15-31-16-22(19-11-13-27-14-12-19)25(30-31)20-7-9-21(10-8-20)33-18(2)26-28-23-5-3-4-6-24(23)29-26/h3-14,16-18,32H,15H2,1-2H3,(H,28,29). The van der Waals surface area contributed by atoms with Gasteiger partial charge in [0.1, 0.15) is 17.3 Å². The highest BCUT2D eigenvalue weighted by molar-refractivity contribution is 5.80. The monoisotopic (exact) mass is 439 g/mol. The van der Waals surface area contributed by atoms with Crippen molar-refractivity contribution >= 4 is 11.0 Å². The zero-order valence-electron chi connectivity index (χ0n) is 18.5. The van der Waals surface area contributed by atoms with Gasteiger partial charge in [-0.2, -0.15) is 5.10 Å². The molecular weight excluding hydrogens is 414 g/mol. The van der Waals surface area contributed by atoms with E-state index in [4.69, 9.17) is 9.84 Å². The Labute approximate surface area is 191 Å². The maximum atomic E-state index is 9.81. The maximum absolute atomic E-state index is 9.81. The minimum absolute atomic E-state index is 0.221. The van der Waals surface area contributed by atoms with Crippen molar-refractivity contribution in [2.75, 3.05) is 0 Å². The van der Waals surface area contributed by atoms with Crippen molar-refractivity contribution in [1.29, 1.82) is 0 Å². The molecule has 3 heterocycles. The average Bonchev–Trinajstić information content (AvgIpc) is 3.44. The van der Waals surface area contributed by atoms with Crippen LogP contribution in [0.5, 0.6) is 5.75 Å². The summed E-state index contributed by atoms with van der Waals surface area (Å²) in [5, 5.41) is 14.6. The molecule has 0 amide bonds. The molecule has 2 unspecified atom stereocenters. The summed E-state index contributed by atoms with van der Waals surface area (Å²) in [7, 11) is 0. The Morgan fingerprint density at radius 2 is 1.73 bits per heavy atom. The van der Waals surface area contributed by atoms with Gasteiger partial charge in [0.25, 0.3) is 0 Å². The van der Waals surface area contributed by atoms with E-state index >= 15 is 0 Å². The molecule has 33 heavy (non-hydrogen) atoms. The smallest absolute Gasteiger partial charge is 0.153 e. The second kappa shape index (κ2) is 8.88. The first-order valence-corrected chi connectivity index (χ1v) is 10.9. The van der Waals surface area contributed by atoms with Gasteiger partial charge in [-0.25, -0.2) is 4.98 Å². The SMILES string of the molecule is CC(O)Cn1cc(-c2ccncc2)c(-c2ccc(OC(C)c3nc4ccccc4[nH]3)cc2)n1. The van der Waals surface area contributed by atoms with Gasteiger partial charge in [-0.3, -0.25) is 9.67 Å². The predicted molar refractivity (Wildman–Crippen MR) is 128 cm³/mol. The molecule has 5 aromatic rings. The highest BCUT2D eigenvalue weighted by atomic mass is 16.5. The number of hydrogen-bond donors (Lipinski definition) is 2. The van der Waals surface area contributed by atoms with E-state index in [2.05, 4.69) is 15.0 Å². The van der Waals surface area contributed by atoms with Crippen molar-refractivity contribution in [2.24, 2.45) is 0 Å². The first-order valence-electron chi connectivity index (χ1n) is 10.9. The number of hydrogen-bond acceptors (Lipinski definition) is 5. The largest absolute Gasteiger partial charge is 0.483 e. The lowest BCUT2D eigenvalue weighted by Gasteiger charge is -2.13. The molecule has 166 valence electrons. The van der Waals surface area contributed by atoms with Crippen LogP contribution in [0, 0.1) is 0 Å². The van der Waals surface area contributed by atoms with Gasteiger partial charge in [-0.05, 0) is 67.9 Å². The van der Waals surface area contributed by atoms with Crippen LogP contribution in [0.25, 0.3) is 33.4 Å². The number of H-pyrrole nitrogens is 1. The Hall–Kier alpha value is -3.97. The molecule has 7 heteroatoms. The van der Waals surface area contributed by atoms with Gasteiger partial charge >= 0.3 is 0 Å². The molecule has 2 N–H and O–H groups in total. The normalized spacial score (nSPS) is 13.2. The third-order valence-corrected chi connectivity index (χ3v) is 5.44. The number of ether oxygens (including phenoxy) is 1. The summed E-state index contributed by atoms with van der Waals surface area (Å²) >= 11 is 0. The third kappa shape index (κ3) is 4.49. The van der Waals surface area contributed by atoms with Crippen LogP contribution in [0.4, 0.5) is 0 Å². The summed E-state index contributed by atoms with van der Waals surface area (Å²) in [5.41, 5.74) is 5.75. The summed E-state index contributed by atoms with van der Waals surface area (Å²) in [6.07, 6.45) is 4.79. The van der Waals surface area contributed by atoms with Crippen LogP contribution in [0.1, 0.15) is 25.8 Å². The number of para-hydroxylation sites is 2. The number of imidazole rings is 1. The number of aliphatic hydroxyl groups is 1. The van der Waals surface area contributed by atoms with Crippen LogP contribution in [-0.4, -0.2) is 35.9 Å². The summed E-state index contributed by atoms with van der Waals surface area (Å²) in [6, 6.07) is 19.7. The van der Waals surface area contributed by atoms with Gasteiger partial charge in [0.2, 0.25) is 0 Å². The molecule has 0 radical (unpaired) electrons. The number of nitrogens with one attached hydrogen (secondary N) is 1. The highest BCUT2D eigenvalue weighted by Crippen LogP contribution is 2.32. The maximum Gasteiger partial charge on any atom is 0.153 e. The van der Waals surface area contributed by atoms with E-state index < -0.39 is 6.10 Å². The molecule has 0 aliphatic heterocycles. The number of aromatic nitrogens is 5. The molecule has 0 saturated heterocycles. The van der Waals surface area contributed by atoms with E-state index in [0.717, 1.165) is 45.0 Å². The van der Waals surface area contributed by atoms with Crippen molar-refractivity contribution in [3.63, 3.8) is 0 Å². The Morgan fingerprint density at radius 3 is 2.45 bits per heavy atom. The number of aromatic amines is 1. The van der Waals surface area contributed by atoms with Crippen molar-refractivity contribution in [1.82, 2.24) is 24.7 Å². The van der Waals surface area contributed by atoms with Gasteiger partial charge in [-0.1, -0.05) is 12.1 Å². The molecule has 2 atom stereocenters. The molecule has 0 spiro atoms. The minimum atomic E-state index is -0.487. The summed E-state index contributed by atoms with van der Waals surface area (Å²) in [4.78, 5) is 12.1. The lowest BCUT2D eigenvalue weighted by Crippen LogP contribution is -2.11. The van der Waals surface area contributed by atoms with Crippen LogP contribution in [-0.2, 0) is 6.54 Å². The molecular formula is C26H25N5O2. The van der Waals surface area contributed by atoms with Crippen LogP contribution >= 0.6 is 0 Å². The number of pyridine rings is 1. The second-order valence-corrected chi connectivity index (χ2v) is 8.12. The van der Waals surface area contributed by atoms with E-state index in [1.165, 1.54) is 0 Å². The van der Waals surface area contributed by atoms with E-state index in [-0.39, 0.29) is 6.10 Å². The Morgan fingerprint density at radius 1 is 0.970 bits per heavy atom. The van der Waals surface area contributed by atoms with Crippen LogP contribution in [0.15, 0.2) is 79.3 Å².